The van der Waals surface area contributed by atoms with Crippen LogP contribution in [0.5, 0.6) is 0 Å². The molecule has 1 aliphatic heterocycles. The number of aliphatic hydroxyl groups is 1. The van der Waals surface area contributed by atoms with Crippen LogP contribution in [0.2, 0.25) is 0 Å². The number of rotatable bonds is 13. The molecule has 5 heterocycles. The normalized spacial score (nSPS) is 19.2. The third-order valence-electron chi connectivity index (χ3n) is 8.29. The summed E-state index contributed by atoms with van der Waals surface area (Å²) < 4.78 is 15.0. The summed E-state index contributed by atoms with van der Waals surface area (Å²) in [7, 11) is 1.93. The summed E-state index contributed by atoms with van der Waals surface area (Å²) >= 11 is 0. The minimum absolute atomic E-state index is 0.0202. The first-order chi connectivity index (χ1) is 23.5. The van der Waals surface area contributed by atoms with Gasteiger partial charge in [-0.15, -0.1) is 0 Å². The first-order valence-electron chi connectivity index (χ1n) is 15.6. The molecule has 6 aromatic rings. The quantitative estimate of drug-likeness (QED) is 0.134. The number of fused-ring (bicyclic) bond motifs is 1. The average molecular weight is 650 g/mol. The van der Waals surface area contributed by atoms with Crippen LogP contribution in [-0.4, -0.2) is 81.1 Å². The van der Waals surface area contributed by atoms with Crippen LogP contribution in [0.4, 0.5) is 11.8 Å². The molecule has 4 N–H and O–H groups in total. The van der Waals surface area contributed by atoms with E-state index in [9.17, 15) is 9.90 Å². The average Bonchev–Trinajstić information content (AvgIpc) is 3.90. The Bertz CT molecular complexity index is 1940. The Morgan fingerprint density at radius 1 is 1.02 bits per heavy atom. The van der Waals surface area contributed by atoms with Crippen molar-refractivity contribution in [2.75, 3.05) is 23.7 Å². The lowest BCUT2D eigenvalue weighted by molar-refractivity contribution is -0.140. The first kappa shape index (κ1) is 31.0. The van der Waals surface area contributed by atoms with Gasteiger partial charge in [-0.3, -0.25) is 14.5 Å². The zero-order valence-electron chi connectivity index (χ0n) is 26.3. The monoisotopic (exact) mass is 649 g/mol. The number of anilines is 2. The molecule has 4 atom stereocenters. The summed E-state index contributed by atoms with van der Waals surface area (Å²) in [5.41, 5.74) is 4.12. The highest BCUT2D eigenvalue weighted by atomic mass is 16.6. The van der Waals surface area contributed by atoms with Crippen molar-refractivity contribution in [1.82, 2.24) is 44.3 Å². The zero-order chi connectivity index (χ0) is 33.0. The zero-order valence-corrected chi connectivity index (χ0v) is 26.3. The molecule has 0 saturated carbocycles. The number of carbonyl (C=O) groups is 1. The van der Waals surface area contributed by atoms with Gasteiger partial charge in [-0.1, -0.05) is 60.7 Å². The van der Waals surface area contributed by atoms with Crippen LogP contribution < -0.4 is 10.6 Å². The molecule has 15 nitrogen and oxygen atoms in total. The van der Waals surface area contributed by atoms with Crippen molar-refractivity contribution in [3.05, 3.63) is 108 Å². The largest absolute Gasteiger partial charge is 0.458 e. The number of imidazole rings is 2. The lowest BCUT2D eigenvalue weighted by Crippen LogP contribution is -2.31. The number of ether oxygens (including phenoxy) is 2. The third kappa shape index (κ3) is 6.32. The van der Waals surface area contributed by atoms with Crippen molar-refractivity contribution in [3.63, 3.8) is 0 Å². The lowest BCUT2D eigenvalue weighted by Gasteiger charge is -2.20. The molecule has 0 radical (unpaired) electrons. The van der Waals surface area contributed by atoms with Crippen LogP contribution >= 0.6 is 0 Å². The van der Waals surface area contributed by atoms with Crippen LogP contribution in [-0.2, 0) is 27.7 Å². The van der Waals surface area contributed by atoms with Crippen molar-refractivity contribution in [2.45, 2.75) is 43.8 Å². The van der Waals surface area contributed by atoms with Crippen molar-refractivity contribution in [3.8, 4) is 0 Å². The second-order valence-electron chi connectivity index (χ2n) is 11.6. The number of aromatic amines is 1. The van der Waals surface area contributed by atoms with Gasteiger partial charge in [0.1, 0.15) is 11.9 Å². The fraction of sp³-hybridized carbons (Fsp3) is 0.303. The lowest BCUT2D eigenvalue weighted by atomic mass is 9.91. The second kappa shape index (κ2) is 13.6. The SMILES string of the molecule is Cc1nc([C@H]2O[C@@H](n3cnc4c(NCC(c5ccccc5)c5ccccc5)nc(NCCc5cn(C)cn5)nc43)[C@H](O)[C@@H]2OC=O)n[nH]1. The van der Waals surface area contributed by atoms with Gasteiger partial charge >= 0.3 is 0 Å². The predicted molar refractivity (Wildman–Crippen MR) is 175 cm³/mol. The Labute approximate surface area is 275 Å². The molecule has 1 fully saturated rings. The molecule has 7 rings (SSSR count). The number of nitrogens with zero attached hydrogens (tertiary/aromatic N) is 8. The maximum atomic E-state index is 11.4. The van der Waals surface area contributed by atoms with Crippen LogP contribution in [0, 0.1) is 6.92 Å². The van der Waals surface area contributed by atoms with Gasteiger partial charge in [0, 0.05) is 38.7 Å². The molecule has 246 valence electrons. The Morgan fingerprint density at radius 2 is 1.77 bits per heavy atom. The highest BCUT2D eigenvalue weighted by molar-refractivity contribution is 5.84. The van der Waals surface area contributed by atoms with E-state index in [1.165, 1.54) is 6.33 Å². The number of aryl methyl sites for hydroxylation is 2. The summed E-state index contributed by atoms with van der Waals surface area (Å²) in [6, 6.07) is 20.5. The maximum absolute atomic E-state index is 11.4. The van der Waals surface area contributed by atoms with Gasteiger partial charge in [-0.2, -0.15) is 15.1 Å². The van der Waals surface area contributed by atoms with Crippen molar-refractivity contribution in [2.24, 2.45) is 7.05 Å². The fourth-order valence-corrected chi connectivity index (χ4v) is 5.99. The van der Waals surface area contributed by atoms with Gasteiger partial charge in [0.2, 0.25) is 5.95 Å². The van der Waals surface area contributed by atoms with Crippen molar-refractivity contribution >= 4 is 29.4 Å². The number of carbonyl (C=O) groups excluding carboxylic acids is 1. The summed E-state index contributed by atoms with van der Waals surface area (Å²) in [5, 5.41) is 25.2. The third-order valence-corrected chi connectivity index (χ3v) is 8.29. The number of benzene rings is 2. The number of aromatic nitrogens is 9. The number of aliphatic hydroxyl groups excluding tert-OH is 1. The van der Waals surface area contributed by atoms with E-state index >= 15 is 0 Å². The van der Waals surface area contributed by atoms with E-state index in [0.717, 1.165) is 16.8 Å². The summed E-state index contributed by atoms with van der Waals surface area (Å²) in [5.74, 6) is 1.69. The predicted octanol–water partition coefficient (Wildman–Crippen LogP) is 3.06. The van der Waals surface area contributed by atoms with E-state index in [-0.39, 0.29) is 18.2 Å². The minimum Gasteiger partial charge on any atom is -0.458 e. The van der Waals surface area contributed by atoms with Crippen LogP contribution in [0.15, 0.2) is 79.5 Å². The summed E-state index contributed by atoms with van der Waals surface area (Å²) in [6.45, 7) is 3.06. The number of hydrogen-bond donors (Lipinski definition) is 4. The fourth-order valence-electron chi connectivity index (χ4n) is 5.99. The van der Waals surface area contributed by atoms with Crippen molar-refractivity contribution < 1.29 is 19.4 Å². The van der Waals surface area contributed by atoms with Gasteiger partial charge in [0.15, 0.2) is 41.2 Å². The Balaban J connectivity index is 1.23. The van der Waals surface area contributed by atoms with E-state index in [1.807, 2.05) is 54.2 Å². The smallest absolute Gasteiger partial charge is 0.293 e. The molecule has 0 aliphatic carbocycles. The van der Waals surface area contributed by atoms with E-state index in [0.29, 0.717) is 48.3 Å². The Hall–Kier alpha value is -5.67. The van der Waals surface area contributed by atoms with Crippen molar-refractivity contribution in [1.29, 1.82) is 0 Å². The highest BCUT2D eigenvalue weighted by Gasteiger charge is 2.49. The molecule has 1 saturated heterocycles. The summed E-state index contributed by atoms with van der Waals surface area (Å²) in [4.78, 5) is 34.5. The van der Waals surface area contributed by atoms with E-state index < -0.39 is 24.5 Å². The Kier molecular flexibility index (Phi) is 8.76. The molecule has 4 aromatic heterocycles. The first-order valence-corrected chi connectivity index (χ1v) is 15.6. The van der Waals surface area contributed by atoms with Crippen LogP contribution in [0.25, 0.3) is 11.2 Å². The van der Waals surface area contributed by atoms with E-state index in [1.54, 1.807) is 17.8 Å². The minimum atomic E-state index is -1.27. The highest BCUT2D eigenvalue weighted by Crippen LogP contribution is 2.40. The van der Waals surface area contributed by atoms with Crippen LogP contribution in [0.1, 0.15) is 46.7 Å². The van der Waals surface area contributed by atoms with Gasteiger partial charge in [-0.05, 0) is 18.1 Å². The number of nitrogens with one attached hydrogen (secondary N) is 3. The standard InChI is InChI=1S/C33H35N11O4/c1-20-38-30(42-41-20)28-27(47-19-45)26(46)32(48-28)44-18-37-25-29(39-33(40-31(25)44)34-14-13-23-16-43(2)17-36-23)35-15-24(21-9-5-3-6-10-21)22-11-7-4-8-12-22/h3-12,16-19,24,26-28,32,46H,13-15H2,1-2H3,(H,38,41,42)(H2,34,35,39,40)/t26-,27+,28+,32-/m1/s1. The van der Waals surface area contributed by atoms with Gasteiger partial charge in [0.05, 0.1) is 18.3 Å². The molecule has 1 aliphatic rings. The van der Waals surface area contributed by atoms with E-state index in [4.69, 9.17) is 19.4 Å². The summed E-state index contributed by atoms with van der Waals surface area (Å²) in [6.07, 6.45) is 1.63. The molecular formula is C33H35N11O4. The van der Waals surface area contributed by atoms with Gasteiger partial charge < -0.3 is 29.8 Å². The number of hydrogen-bond acceptors (Lipinski definition) is 12. The molecule has 0 unspecified atom stereocenters. The molecule has 48 heavy (non-hydrogen) atoms. The number of H-pyrrole nitrogens is 1. The molecule has 2 aromatic carbocycles. The molecule has 0 bridgehead atoms. The second-order valence-corrected chi connectivity index (χ2v) is 11.6. The van der Waals surface area contributed by atoms with E-state index in [2.05, 4.69) is 60.0 Å². The van der Waals surface area contributed by atoms with Gasteiger partial charge in [-0.25, -0.2) is 15.0 Å². The van der Waals surface area contributed by atoms with Crippen LogP contribution in [0.3, 0.4) is 0 Å². The molecular weight excluding hydrogens is 614 g/mol. The molecule has 0 amide bonds. The Morgan fingerprint density at radius 3 is 2.42 bits per heavy atom. The molecule has 15 heteroatoms. The maximum Gasteiger partial charge on any atom is 0.293 e. The topological polar surface area (TPSA) is 183 Å². The van der Waals surface area contributed by atoms with Gasteiger partial charge in [0.25, 0.3) is 6.47 Å². The molecule has 0 spiro atoms.